The Kier molecular flexibility index (Phi) is 6.53. The predicted octanol–water partition coefficient (Wildman–Crippen LogP) is 2.73. The Hall–Kier alpha value is -1.89. The summed E-state index contributed by atoms with van der Waals surface area (Å²) in [4.78, 5) is 27.4. The number of H-pyrrole nitrogens is 1. The number of aromatic amines is 1. The van der Waals surface area contributed by atoms with Crippen LogP contribution >= 0.6 is 0 Å². The van der Waals surface area contributed by atoms with Gasteiger partial charge in [0, 0.05) is 25.4 Å². The molecule has 2 amide bonds. The quantitative estimate of drug-likeness (QED) is 0.705. The maximum absolute atomic E-state index is 13.2. The molecule has 7 nitrogen and oxygen atoms in total. The topological polar surface area (TPSA) is 98.3 Å². The van der Waals surface area contributed by atoms with E-state index < -0.39 is 12.1 Å². The first-order chi connectivity index (χ1) is 14.1. The number of aliphatic hydroxyl groups is 1. The van der Waals surface area contributed by atoms with E-state index in [1.807, 2.05) is 0 Å². The zero-order valence-electron chi connectivity index (χ0n) is 17.2. The van der Waals surface area contributed by atoms with Gasteiger partial charge in [-0.3, -0.25) is 14.7 Å². The highest BCUT2D eigenvalue weighted by atomic mass is 16.3. The van der Waals surface area contributed by atoms with Crippen LogP contribution in [0.2, 0.25) is 0 Å². The highest BCUT2D eigenvalue weighted by Gasteiger charge is 2.34. The Morgan fingerprint density at radius 2 is 1.83 bits per heavy atom. The highest BCUT2D eigenvalue weighted by molar-refractivity contribution is 5.95. The number of rotatable bonds is 5. The fourth-order valence-electron chi connectivity index (χ4n) is 5.35. The summed E-state index contributed by atoms with van der Waals surface area (Å²) in [6, 6.07) is -0.397. The molecule has 1 aliphatic heterocycles. The van der Waals surface area contributed by atoms with Crippen LogP contribution in [0.1, 0.15) is 92.6 Å². The van der Waals surface area contributed by atoms with E-state index in [4.69, 9.17) is 0 Å². The van der Waals surface area contributed by atoms with Gasteiger partial charge in [0.05, 0.1) is 29.6 Å². The van der Waals surface area contributed by atoms with E-state index in [1.165, 1.54) is 32.1 Å². The molecule has 0 unspecified atom stereocenters. The lowest BCUT2D eigenvalue weighted by Crippen LogP contribution is -2.56. The summed E-state index contributed by atoms with van der Waals surface area (Å²) in [5.74, 6) is 0.808. The molecule has 2 atom stereocenters. The summed E-state index contributed by atoms with van der Waals surface area (Å²) in [6.07, 6.45) is 12.6. The fourth-order valence-corrected chi connectivity index (χ4v) is 5.35. The average molecular weight is 403 g/mol. The molecule has 3 aliphatic rings. The maximum Gasteiger partial charge on any atom is 0.257 e. The van der Waals surface area contributed by atoms with E-state index in [1.54, 1.807) is 11.1 Å². The lowest BCUT2D eigenvalue weighted by Gasteiger charge is -2.37. The van der Waals surface area contributed by atoms with Gasteiger partial charge in [0.25, 0.3) is 5.91 Å². The number of hydrogen-bond donors (Lipinski definition) is 3. The summed E-state index contributed by atoms with van der Waals surface area (Å²) < 4.78 is 0. The molecule has 4 rings (SSSR count). The lowest BCUT2D eigenvalue weighted by molar-refractivity contribution is -0.124. The van der Waals surface area contributed by atoms with Crippen molar-refractivity contribution in [2.45, 2.75) is 88.7 Å². The third-order valence-corrected chi connectivity index (χ3v) is 7.07. The first kappa shape index (κ1) is 20.4. The minimum Gasteiger partial charge on any atom is -0.391 e. The van der Waals surface area contributed by atoms with Crippen molar-refractivity contribution in [3.8, 4) is 0 Å². The molecule has 3 N–H and O–H groups in total. The molecule has 7 heteroatoms. The second-order valence-corrected chi connectivity index (χ2v) is 9.17. The van der Waals surface area contributed by atoms with E-state index in [-0.39, 0.29) is 11.8 Å². The van der Waals surface area contributed by atoms with Crippen LogP contribution in [0.15, 0.2) is 6.20 Å². The summed E-state index contributed by atoms with van der Waals surface area (Å²) in [5, 5.41) is 20.6. The predicted molar refractivity (Wildman–Crippen MR) is 109 cm³/mol. The normalized spacial score (nSPS) is 26.6. The van der Waals surface area contributed by atoms with Crippen LogP contribution in [0.5, 0.6) is 0 Å². The Morgan fingerprint density at radius 1 is 1.10 bits per heavy atom. The third-order valence-electron chi connectivity index (χ3n) is 7.07. The monoisotopic (exact) mass is 402 g/mol. The van der Waals surface area contributed by atoms with Gasteiger partial charge in [0.1, 0.15) is 0 Å². The number of carbonyl (C=O) groups excluding carboxylic acids is 2. The van der Waals surface area contributed by atoms with Crippen molar-refractivity contribution in [1.29, 1.82) is 0 Å². The molecular formula is C22H34N4O3. The van der Waals surface area contributed by atoms with Crippen LogP contribution in [0.3, 0.4) is 0 Å². The van der Waals surface area contributed by atoms with E-state index in [2.05, 4.69) is 15.5 Å². The molecule has 2 heterocycles. The molecule has 1 saturated heterocycles. The van der Waals surface area contributed by atoms with Gasteiger partial charge in [-0.1, -0.05) is 32.1 Å². The van der Waals surface area contributed by atoms with Crippen molar-refractivity contribution in [2.24, 2.45) is 5.92 Å². The van der Waals surface area contributed by atoms with Gasteiger partial charge in [-0.25, -0.2) is 0 Å². The molecule has 29 heavy (non-hydrogen) atoms. The second kappa shape index (κ2) is 9.28. The van der Waals surface area contributed by atoms with E-state index in [0.717, 1.165) is 31.4 Å². The summed E-state index contributed by atoms with van der Waals surface area (Å²) >= 11 is 0. The zero-order chi connectivity index (χ0) is 20.2. The van der Waals surface area contributed by atoms with Crippen molar-refractivity contribution in [3.05, 3.63) is 17.5 Å². The van der Waals surface area contributed by atoms with Crippen LogP contribution in [0, 0.1) is 5.92 Å². The molecule has 3 fully saturated rings. The van der Waals surface area contributed by atoms with E-state index >= 15 is 0 Å². The molecule has 0 spiro atoms. The number of hydrogen-bond acceptors (Lipinski definition) is 4. The molecule has 0 aromatic carbocycles. The van der Waals surface area contributed by atoms with Crippen molar-refractivity contribution in [3.63, 3.8) is 0 Å². The SMILES string of the molecule is O=C(CC1CCCC1)N[C@@H]1CN(C(=O)c2cn[nH]c2C2CCCCC2)CC[C@@H]1O. The summed E-state index contributed by atoms with van der Waals surface area (Å²) in [7, 11) is 0. The highest BCUT2D eigenvalue weighted by Crippen LogP contribution is 2.33. The van der Waals surface area contributed by atoms with Crippen LogP contribution in [0.4, 0.5) is 0 Å². The van der Waals surface area contributed by atoms with Crippen LogP contribution < -0.4 is 5.32 Å². The first-order valence-corrected chi connectivity index (χ1v) is 11.4. The number of piperidine rings is 1. The Bertz CT molecular complexity index is 707. The number of nitrogens with zero attached hydrogens (tertiary/aromatic N) is 2. The van der Waals surface area contributed by atoms with Gasteiger partial charge in [0.15, 0.2) is 0 Å². The molecular weight excluding hydrogens is 368 g/mol. The summed E-state index contributed by atoms with van der Waals surface area (Å²) in [5.41, 5.74) is 1.62. The number of likely N-dealkylation sites (tertiary alicyclic amines) is 1. The zero-order valence-corrected chi connectivity index (χ0v) is 17.2. The van der Waals surface area contributed by atoms with E-state index in [9.17, 15) is 14.7 Å². The standard InChI is InChI=1S/C22H34N4O3/c27-19-10-11-26(14-18(19)24-20(28)12-15-6-4-5-7-15)22(29)17-13-23-25-21(17)16-8-2-1-3-9-16/h13,15-16,18-19,27H,1-12,14H2,(H,23,25)(H,24,28)/t18-,19+/m1/s1. The van der Waals surface area contributed by atoms with Gasteiger partial charge >= 0.3 is 0 Å². The van der Waals surface area contributed by atoms with Crippen molar-refractivity contribution < 1.29 is 14.7 Å². The Labute approximate surface area is 172 Å². The van der Waals surface area contributed by atoms with Crippen LogP contribution in [-0.2, 0) is 4.79 Å². The van der Waals surface area contributed by atoms with Crippen molar-refractivity contribution in [1.82, 2.24) is 20.4 Å². The molecule has 0 radical (unpaired) electrons. The largest absolute Gasteiger partial charge is 0.391 e. The fraction of sp³-hybridized carbons (Fsp3) is 0.773. The second-order valence-electron chi connectivity index (χ2n) is 9.17. The first-order valence-electron chi connectivity index (χ1n) is 11.4. The van der Waals surface area contributed by atoms with Crippen molar-refractivity contribution in [2.75, 3.05) is 13.1 Å². The maximum atomic E-state index is 13.2. The minimum absolute atomic E-state index is 0.00135. The van der Waals surface area contributed by atoms with Gasteiger partial charge in [-0.15, -0.1) is 0 Å². The average Bonchev–Trinajstić information content (AvgIpc) is 3.42. The van der Waals surface area contributed by atoms with E-state index in [0.29, 0.717) is 43.3 Å². The number of aliphatic hydroxyl groups excluding tert-OH is 1. The molecule has 1 aromatic rings. The summed E-state index contributed by atoms with van der Waals surface area (Å²) in [6.45, 7) is 0.857. The molecule has 1 aromatic heterocycles. The lowest BCUT2D eigenvalue weighted by atomic mass is 9.85. The van der Waals surface area contributed by atoms with Gasteiger partial charge < -0.3 is 15.3 Å². The number of aromatic nitrogens is 2. The Morgan fingerprint density at radius 3 is 2.59 bits per heavy atom. The Balaban J connectivity index is 1.38. The smallest absolute Gasteiger partial charge is 0.257 e. The molecule has 2 aliphatic carbocycles. The van der Waals surface area contributed by atoms with Gasteiger partial charge in [-0.05, 0) is 38.0 Å². The third kappa shape index (κ3) is 4.82. The number of carbonyl (C=O) groups is 2. The van der Waals surface area contributed by atoms with Gasteiger partial charge in [0.2, 0.25) is 5.91 Å². The van der Waals surface area contributed by atoms with Gasteiger partial charge in [-0.2, -0.15) is 5.10 Å². The molecule has 0 bridgehead atoms. The van der Waals surface area contributed by atoms with Crippen LogP contribution in [-0.4, -0.2) is 57.3 Å². The number of nitrogens with one attached hydrogen (secondary N) is 2. The number of amides is 2. The van der Waals surface area contributed by atoms with Crippen LogP contribution in [0.25, 0.3) is 0 Å². The molecule has 160 valence electrons. The van der Waals surface area contributed by atoms with Crippen molar-refractivity contribution >= 4 is 11.8 Å². The minimum atomic E-state index is -0.603. The molecule has 2 saturated carbocycles.